The first-order chi connectivity index (χ1) is 10.2. The third-order valence-corrected chi connectivity index (χ3v) is 3.90. The van der Waals surface area contributed by atoms with E-state index in [2.05, 4.69) is 15.2 Å². The number of aromatic amines is 1. The van der Waals surface area contributed by atoms with Gasteiger partial charge in [0.25, 0.3) is 0 Å². The van der Waals surface area contributed by atoms with Crippen LogP contribution in [-0.2, 0) is 0 Å². The molecule has 1 aromatic heterocycles. The van der Waals surface area contributed by atoms with E-state index in [1.165, 1.54) is 18.2 Å². The number of rotatable bonds is 3. The molecule has 2 aromatic rings. The third kappa shape index (κ3) is 2.73. The van der Waals surface area contributed by atoms with Gasteiger partial charge < -0.3 is 10.6 Å². The van der Waals surface area contributed by atoms with Crippen LogP contribution in [0.5, 0.6) is 0 Å². The molecular weight excluding hydrogens is 276 g/mol. The molecule has 0 unspecified atom stereocenters. The Bertz CT molecular complexity index is 599. The summed E-state index contributed by atoms with van der Waals surface area (Å²) < 4.78 is 27.5. The van der Waals surface area contributed by atoms with Crippen LogP contribution in [0.2, 0.25) is 0 Å². The normalized spacial score (nSPS) is 16.4. The number of hydrogen-bond donors (Lipinski definition) is 2. The molecule has 1 aromatic carbocycles. The molecule has 21 heavy (non-hydrogen) atoms. The maximum absolute atomic E-state index is 13.7. The molecule has 5 nitrogen and oxygen atoms in total. The summed E-state index contributed by atoms with van der Waals surface area (Å²) in [4.78, 5) is 6.23. The van der Waals surface area contributed by atoms with E-state index in [1.54, 1.807) is 0 Å². The number of anilines is 1. The molecule has 2 heterocycles. The zero-order chi connectivity index (χ0) is 14.8. The van der Waals surface area contributed by atoms with Crippen molar-refractivity contribution in [2.24, 2.45) is 11.7 Å². The lowest BCUT2D eigenvalue weighted by atomic mass is 9.97. The second kappa shape index (κ2) is 5.77. The van der Waals surface area contributed by atoms with Crippen molar-refractivity contribution in [1.82, 2.24) is 15.2 Å². The summed E-state index contributed by atoms with van der Waals surface area (Å²) in [5, 5.41) is 6.69. The highest BCUT2D eigenvalue weighted by molar-refractivity contribution is 5.58. The molecule has 0 saturated carbocycles. The van der Waals surface area contributed by atoms with Crippen LogP contribution < -0.4 is 10.6 Å². The van der Waals surface area contributed by atoms with Gasteiger partial charge in [0.15, 0.2) is 5.82 Å². The summed E-state index contributed by atoms with van der Waals surface area (Å²) in [6.45, 7) is 2.30. The first kappa shape index (κ1) is 13.9. The van der Waals surface area contributed by atoms with E-state index in [0.717, 1.165) is 25.9 Å². The molecule has 1 fully saturated rings. The van der Waals surface area contributed by atoms with Gasteiger partial charge in [0.2, 0.25) is 5.95 Å². The van der Waals surface area contributed by atoms with Crippen LogP contribution in [0.1, 0.15) is 12.8 Å². The Hall–Kier alpha value is -2.02. The minimum Gasteiger partial charge on any atom is -0.340 e. The summed E-state index contributed by atoms with van der Waals surface area (Å²) >= 11 is 0. The highest BCUT2D eigenvalue weighted by Crippen LogP contribution is 2.25. The molecule has 0 atom stereocenters. The first-order valence-electron chi connectivity index (χ1n) is 7.01. The quantitative estimate of drug-likeness (QED) is 0.907. The molecule has 0 amide bonds. The maximum atomic E-state index is 13.7. The van der Waals surface area contributed by atoms with E-state index < -0.39 is 11.6 Å². The van der Waals surface area contributed by atoms with Crippen molar-refractivity contribution < 1.29 is 8.78 Å². The number of nitrogens with one attached hydrogen (secondary N) is 1. The predicted octanol–water partition coefficient (Wildman–Crippen LogP) is 1.93. The Morgan fingerprint density at radius 3 is 2.52 bits per heavy atom. The van der Waals surface area contributed by atoms with Gasteiger partial charge in [-0.2, -0.15) is 4.98 Å². The monoisotopic (exact) mass is 293 g/mol. The van der Waals surface area contributed by atoms with Crippen LogP contribution in [0.15, 0.2) is 18.2 Å². The van der Waals surface area contributed by atoms with Crippen molar-refractivity contribution in [3.8, 4) is 11.4 Å². The molecule has 112 valence electrons. The number of piperidine rings is 1. The van der Waals surface area contributed by atoms with Crippen molar-refractivity contribution in [1.29, 1.82) is 0 Å². The first-order valence-corrected chi connectivity index (χ1v) is 7.01. The van der Waals surface area contributed by atoms with Crippen LogP contribution in [0.3, 0.4) is 0 Å². The van der Waals surface area contributed by atoms with Crippen molar-refractivity contribution in [2.75, 3.05) is 24.5 Å². The molecule has 3 rings (SSSR count). The molecule has 0 spiro atoms. The predicted molar refractivity (Wildman–Crippen MR) is 75.7 cm³/mol. The number of hydrogen-bond acceptors (Lipinski definition) is 4. The molecule has 0 bridgehead atoms. The van der Waals surface area contributed by atoms with Crippen LogP contribution in [0.25, 0.3) is 11.4 Å². The number of halogens is 2. The fraction of sp³-hybridized carbons (Fsp3) is 0.429. The van der Waals surface area contributed by atoms with E-state index in [0.29, 0.717) is 18.4 Å². The van der Waals surface area contributed by atoms with E-state index in [4.69, 9.17) is 5.73 Å². The standard InChI is InChI=1S/C14H17F2N5/c15-10-2-1-3-11(16)12(10)13-18-14(20-19-13)21-6-4-9(8-17)5-7-21/h1-3,9H,4-8,17H2,(H,18,19,20). The number of benzene rings is 1. The smallest absolute Gasteiger partial charge is 0.245 e. The Morgan fingerprint density at radius 2 is 1.90 bits per heavy atom. The molecule has 0 radical (unpaired) electrons. The highest BCUT2D eigenvalue weighted by atomic mass is 19.1. The van der Waals surface area contributed by atoms with Gasteiger partial charge in [-0.05, 0) is 37.4 Å². The van der Waals surface area contributed by atoms with Gasteiger partial charge in [0.05, 0.1) is 5.56 Å². The van der Waals surface area contributed by atoms with Gasteiger partial charge in [0.1, 0.15) is 11.6 Å². The Morgan fingerprint density at radius 1 is 1.24 bits per heavy atom. The molecular formula is C14H17F2N5. The maximum Gasteiger partial charge on any atom is 0.245 e. The largest absolute Gasteiger partial charge is 0.340 e. The summed E-state index contributed by atoms with van der Waals surface area (Å²) in [7, 11) is 0. The van der Waals surface area contributed by atoms with Crippen LogP contribution in [0, 0.1) is 17.6 Å². The molecule has 0 aliphatic carbocycles. The van der Waals surface area contributed by atoms with Gasteiger partial charge in [-0.25, -0.2) is 8.78 Å². The molecule has 7 heteroatoms. The van der Waals surface area contributed by atoms with E-state index in [-0.39, 0.29) is 11.4 Å². The summed E-state index contributed by atoms with van der Waals surface area (Å²) in [6, 6.07) is 3.73. The average Bonchev–Trinajstić information content (AvgIpc) is 2.97. The highest BCUT2D eigenvalue weighted by Gasteiger charge is 2.22. The van der Waals surface area contributed by atoms with Crippen molar-refractivity contribution >= 4 is 5.95 Å². The fourth-order valence-electron chi connectivity index (χ4n) is 2.60. The zero-order valence-corrected chi connectivity index (χ0v) is 11.5. The lowest BCUT2D eigenvalue weighted by molar-refractivity contribution is 0.411. The van der Waals surface area contributed by atoms with Gasteiger partial charge in [-0.3, -0.25) is 5.10 Å². The van der Waals surface area contributed by atoms with E-state index >= 15 is 0 Å². The third-order valence-electron chi connectivity index (χ3n) is 3.90. The van der Waals surface area contributed by atoms with Crippen molar-refractivity contribution in [3.63, 3.8) is 0 Å². The Kier molecular flexibility index (Phi) is 3.83. The van der Waals surface area contributed by atoms with Crippen LogP contribution >= 0.6 is 0 Å². The minimum absolute atomic E-state index is 0.113. The summed E-state index contributed by atoms with van der Waals surface area (Å²) in [5.41, 5.74) is 5.49. The average molecular weight is 293 g/mol. The summed E-state index contributed by atoms with van der Waals surface area (Å²) in [5.74, 6) is -0.188. The second-order valence-electron chi connectivity index (χ2n) is 5.25. The molecule has 1 saturated heterocycles. The molecule has 1 aliphatic heterocycles. The van der Waals surface area contributed by atoms with E-state index in [9.17, 15) is 8.78 Å². The van der Waals surface area contributed by atoms with Crippen molar-refractivity contribution in [3.05, 3.63) is 29.8 Å². The van der Waals surface area contributed by atoms with Gasteiger partial charge in [-0.15, -0.1) is 5.10 Å². The topological polar surface area (TPSA) is 70.8 Å². The number of H-pyrrole nitrogens is 1. The van der Waals surface area contributed by atoms with E-state index in [1.807, 2.05) is 4.90 Å². The van der Waals surface area contributed by atoms with Crippen molar-refractivity contribution in [2.45, 2.75) is 12.8 Å². The minimum atomic E-state index is -0.653. The fourth-order valence-corrected chi connectivity index (χ4v) is 2.60. The van der Waals surface area contributed by atoms with Gasteiger partial charge in [-0.1, -0.05) is 6.07 Å². The lowest BCUT2D eigenvalue weighted by Gasteiger charge is -2.30. The Balaban J connectivity index is 1.81. The lowest BCUT2D eigenvalue weighted by Crippen LogP contribution is -2.36. The number of nitrogens with zero attached hydrogens (tertiary/aromatic N) is 3. The summed E-state index contributed by atoms with van der Waals surface area (Å²) in [6.07, 6.45) is 1.96. The SMILES string of the molecule is NCC1CCN(c2n[nH]c(-c3c(F)cccc3F)n2)CC1. The second-order valence-corrected chi connectivity index (χ2v) is 5.25. The Labute approximate surface area is 121 Å². The van der Waals surface area contributed by atoms with Crippen LogP contribution in [0.4, 0.5) is 14.7 Å². The number of aromatic nitrogens is 3. The molecule has 3 N–H and O–H groups in total. The number of nitrogens with two attached hydrogens (primary N) is 1. The van der Waals surface area contributed by atoms with Gasteiger partial charge >= 0.3 is 0 Å². The zero-order valence-electron chi connectivity index (χ0n) is 11.5. The van der Waals surface area contributed by atoms with Crippen LogP contribution in [-0.4, -0.2) is 34.8 Å². The molecule has 1 aliphatic rings. The van der Waals surface area contributed by atoms with Gasteiger partial charge in [0, 0.05) is 13.1 Å².